The molecule has 17 heavy (non-hydrogen) atoms. The van der Waals surface area contributed by atoms with Crippen LogP contribution in [0.25, 0.3) is 11.0 Å². The van der Waals surface area contributed by atoms with Crippen molar-refractivity contribution in [3.8, 4) is 0 Å². The predicted octanol–water partition coefficient (Wildman–Crippen LogP) is 4.25. The van der Waals surface area contributed by atoms with Gasteiger partial charge in [-0.2, -0.15) is 0 Å². The van der Waals surface area contributed by atoms with E-state index in [0.717, 1.165) is 24.2 Å². The fraction of sp³-hybridized carbons (Fsp3) is 0.533. The highest BCUT2D eigenvalue weighted by Crippen LogP contribution is 2.15. The van der Waals surface area contributed by atoms with E-state index in [1.54, 1.807) is 0 Å². The standard InChI is InChI=1S/C15H22N2/c1-3-5-6-7-8-15-16-13-10-9-12(4-2)11-14(13)17-15/h9-11H,3-8H2,1-2H3,(H,16,17). The van der Waals surface area contributed by atoms with Gasteiger partial charge in [0.1, 0.15) is 5.82 Å². The first-order valence-electron chi connectivity index (χ1n) is 6.81. The molecule has 0 aliphatic carbocycles. The summed E-state index contributed by atoms with van der Waals surface area (Å²) < 4.78 is 0. The van der Waals surface area contributed by atoms with E-state index >= 15 is 0 Å². The molecule has 2 nitrogen and oxygen atoms in total. The van der Waals surface area contributed by atoms with Crippen molar-refractivity contribution in [3.63, 3.8) is 0 Å². The summed E-state index contributed by atoms with van der Waals surface area (Å²) in [5.74, 6) is 1.14. The molecule has 0 unspecified atom stereocenters. The minimum atomic E-state index is 1.08. The Hall–Kier alpha value is -1.31. The van der Waals surface area contributed by atoms with Crippen LogP contribution in [-0.4, -0.2) is 9.97 Å². The summed E-state index contributed by atoms with van der Waals surface area (Å²) in [6.07, 6.45) is 7.35. The van der Waals surface area contributed by atoms with Gasteiger partial charge in [0.2, 0.25) is 0 Å². The summed E-state index contributed by atoms with van der Waals surface area (Å²) in [7, 11) is 0. The maximum atomic E-state index is 4.63. The summed E-state index contributed by atoms with van der Waals surface area (Å²) in [6.45, 7) is 4.43. The zero-order valence-corrected chi connectivity index (χ0v) is 10.9. The maximum Gasteiger partial charge on any atom is 0.107 e. The van der Waals surface area contributed by atoms with Crippen molar-refractivity contribution in [3.05, 3.63) is 29.6 Å². The molecule has 0 radical (unpaired) electrons. The topological polar surface area (TPSA) is 28.7 Å². The molecule has 1 aromatic heterocycles. The van der Waals surface area contributed by atoms with Gasteiger partial charge in [-0.1, -0.05) is 39.2 Å². The second kappa shape index (κ2) is 5.85. The van der Waals surface area contributed by atoms with Crippen molar-refractivity contribution in [1.29, 1.82) is 0 Å². The fourth-order valence-electron chi connectivity index (χ4n) is 2.17. The van der Waals surface area contributed by atoms with Gasteiger partial charge in [0, 0.05) is 6.42 Å². The number of aryl methyl sites for hydroxylation is 2. The van der Waals surface area contributed by atoms with Crippen molar-refractivity contribution in [1.82, 2.24) is 9.97 Å². The minimum Gasteiger partial charge on any atom is -0.342 e. The van der Waals surface area contributed by atoms with Crippen LogP contribution in [0.4, 0.5) is 0 Å². The largest absolute Gasteiger partial charge is 0.342 e. The Morgan fingerprint density at radius 1 is 1.12 bits per heavy atom. The van der Waals surface area contributed by atoms with Crippen LogP contribution in [0.5, 0.6) is 0 Å². The van der Waals surface area contributed by atoms with E-state index in [4.69, 9.17) is 0 Å². The molecule has 0 saturated carbocycles. The van der Waals surface area contributed by atoms with Crippen LogP contribution in [0.3, 0.4) is 0 Å². The number of hydrogen-bond acceptors (Lipinski definition) is 1. The smallest absolute Gasteiger partial charge is 0.107 e. The summed E-state index contributed by atoms with van der Waals surface area (Å²) in [5, 5.41) is 0. The molecule has 0 atom stereocenters. The number of nitrogens with one attached hydrogen (secondary N) is 1. The number of H-pyrrole nitrogens is 1. The van der Waals surface area contributed by atoms with Crippen LogP contribution in [0.1, 0.15) is 50.9 Å². The molecule has 0 aliphatic heterocycles. The van der Waals surface area contributed by atoms with Crippen LogP contribution < -0.4 is 0 Å². The van der Waals surface area contributed by atoms with E-state index < -0.39 is 0 Å². The Labute approximate surface area is 103 Å². The lowest BCUT2D eigenvalue weighted by atomic mass is 10.1. The number of aromatic amines is 1. The van der Waals surface area contributed by atoms with Gasteiger partial charge >= 0.3 is 0 Å². The van der Waals surface area contributed by atoms with Crippen molar-refractivity contribution in [2.24, 2.45) is 0 Å². The van der Waals surface area contributed by atoms with Crippen LogP contribution in [0, 0.1) is 0 Å². The average Bonchev–Trinajstić information content (AvgIpc) is 2.76. The molecule has 2 rings (SSSR count). The summed E-state index contributed by atoms with van der Waals surface area (Å²) >= 11 is 0. The number of nitrogens with zero attached hydrogens (tertiary/aromatic N) is 1. The summed E-state index contributed by atoms with van der Waals surface area (Å²) in [6, 6.07) is 6.52. The lowest BCUT2D eigenvalue weighted by Crippen LogP contribution is -1.87. The van der Waals surface area contributed by atoms with E-state index in [1.165, 1.54) is 36.8 Å². The molecule has 92 valence electrons. The summed E-state index contributed by atoms with van der Waals surface area (Å²) in [4.78, 5) is 8.07. The van der Waals surface area contributed by atoms with E-state index in [0.29, 0.717) is 0 Å². The summed E-state index contributed by atoms with van der Waals surface area (Å²) in [5.41, 5.74) is 3.67. The van der Waals surface area contributed by atoms with Crippen molar-refractivity contribution >= 4 is 11.0 Å². The maximum absolute atomic E-state index is 4.63. The molecule has 0 spiro atoms. The first-order chi connectivity index (χ1) is 8.33. The van der Waals surface area contributed by atoms with Gasteiger partial charge in [-0.15, -0.1) is 0 Å². The quantitative estimate of drug-likeness (QED) is 0.738. The molecule has 0 fully saturated rings. The SMILES string of the molecule is CCCCCCc1nc2ccc(CC)cc2[nH]1. The van der Waals surface area contributed by atoms with Gasteiger partial charge < -0.3 is 4.98 Å². The molecule has 0 saturated heterocycles. The minimum absolute atomic E-state index is 1.08. The van der Waals surface area contributed by atoms with Gasteiger partial charge in [-0.3, -0.25) is 0 Å². The molecule has 0 amide bonds. The number of fused-ring (bicyclic) bond motifs is 1. The van der Waals surface area contributed by atoms with Crippen molar-refractivity contribution in [2.45, 2.75) is 52.4 Å². The second-order valence-corrected chi connectivity index (χ2v) is 4.70. The highest BCUT2D eigenvalue weighted by Gasteiger charge is 2.02. The number of rotatable bonds is 6. The molecule has 1 N–H and O–H groups in total. The van der Waals surface area contributed by atoms with Crippen LogP contribution in [-0.2, 0) is 12.8 Å². The molecular weight excluding hydrogens is 208 g/mol. The molecule has 1 aromatic carbocycles. The third-order valence-corrected chi connectivity index (χ3v) is 3.27. The highest BCUT2D eigenvalue weighted by molar-refractivity contribution is 5.75. The monoisotopic (exact) mass is 230 g/mol. The van der Waals surface area contributed by atoms with E-state index in [9.17, 15) is 0 Å². The number of unbranched alkanes of at least 4 members (excludes halogenated alkanes) is 3. The first kappa shape index (κ1) is 12.2. The first-order valence-corrected chi connectivity index (χ1v) is 6.81. The number of imidazole rings is 1. The van der Waals surface area contributed by atoms with Crippen LogP contribution in [0.2, 0.25) is 0 Å². The molecule has 1 heterocycles. The normalized spacial score (nSPS) is 11.2. The van der Waals surface area contributed by atoms with Crippen molar-refractivity contribution < 1.29 is 0 Å². The highest BCUT2D eigenvalue weighted by atomic mass is 14.9. The van der Waals surface area contributed by atoms with E-state index in [-0.39, 0.29) is 0 Å². The predicted molar refractivity (Wildman–Crippen MR) is 73.3 cm³/mol. The van der Waals surface area contributed by atoms with Gasteiger partial charge in [-0.25, -0.2) is 4.98 Å². The third kappa shape index (κ3) is 3.09. The van der Waals surface area contributed by atoms with Gasteiger partial charge in [-0.05, 0) is 30.5 Å². The Kier molecular flexibility index (Phi) is 4.18. The zero-order valence-electron chi connectivity index (χ0n) is 10.9. The van der Waals surface area contributed by atoms with Crippen LogP contribution in [0.15, 0.2) is 18.2 Å². The van der Waals surface area contributed by atoms with Gasteiger partial charge in [0.05, 0.1) is 11.0 Å². The Balaban J connectivity index is 2.04. The molecular formula is C15H22N2. The Morgan fingerprint density at radius 3 is 2.76 bits per heavy atom. The van der Waals surface area contributed by atoms with Gasteiger partial charge in [0.15, 0.2) is 0 Å². The van der Waals surface area contributed by atoms with Crippen molar-refractivity contribution in [2.75, 3.05) is 0 Å². The third-order valence-electron chi connectivity index (χ3n) is 3.27. The fourth-order valence-corrected chi connectivity index (χ4v) is 2.17. The zero-order chi connectivity index (χ0) is 12.1. The Bertz CT molecular complexity index is 471. The molecule has 0 aliphatic rings. The molecule has 2 aromatic rings. The molecule has 2 heteroatoms. The van der Waals surface area contributed by atoms with Gasteiger partial charge in [0.25, 0.3) is 0 Å². The Morgan fingerprint density at radius 2 is 2.00 bits per heavy atom. The number of benzene rings is 1. The van der Waals surface area contributed by atoms with Crippen LogP contribution >= 0.6 is 0 Å². The van der Waals surface area contributed by atoms with E-state index in [2.05, 4.69) is 42.0 Å². The number of aromatic nitrogens is 2. The molecule has 0 bridgehead atoms. The lowest BCUT2D eigenvalue weighted by Gasteiger charge is -1.96. The average molecular weight is 230 g/mol. The van der Waals surface area contributed by atoms with E-state index in [1.807, 2.05) is 0 Å². The second-order valence-electron chi connectivity index (χ2n) is 4.70. The number of hydrogen-bond donors (Lipinski definition) is 1. The lowest BCUT2D eigenvalue weighted by molar-refractivity contribution is 0.656.